The smallest absolute Gasteiger partial charge is 0.224 e. The van der Waals surface area contributed by atoms with Gasteiger partial charge in [0.15, 0.2) is 17.5 Å². The summed E-state index contributed by atoms with van der Waals surface area (Å²) in [7, 11) is 4.95. The summed E-state index contributed by atoms with van der Waals surface area (Å²) in [5.74, 6) is 2.49. The van der Waals surface area contributed by atoms with Crippen LogP contribution in [0.5, 0.6) is 23.1 Å². The van der Waals surface area contributed by atoms with Crippen LogP contribution in [0.4, 0.5) is 4.39 Å². The van der Waals surface area contributed by atoms with Gasteiger partial charge >= 0.3 is 0 Å². The molecule has 0 unspecified atom stereocenters. The number of halogens is 2. The van der Waals surface area contributed by atoms with Gasteiger partial charge < -0.3 is 24.8 Å². The van der Waals surface area contributed by atoms with E-state index in [0.717, 1.165) is 17.5 Å². The first-order valence-corrected chi connectivity index (χ1v) is 10.2. The van der Waals surface area contributed by atoms with Gasteiger partial charge in [-0.25, -0.2) is 9.37 Å². The molecule has 0 bridgehead atoms. The van der Waals surface area contributed by atoms with Gasteiger partial charge in [-0.3, -0.25) is 4.99 Å². The molecule has 0 aliphatic carbocycles. The molecule has 2 aromatic carbocycles. The summed E-state index contributed by atoms with van der Waals surface area (Å²) in [6, 6.07) is 15.5. The van der Waals surface area contributed by atoms with Crippen molar-refractivity contribution in [2.75, 3.05) is 27.8 Å². The van der Waals surface area contributed by atoms with Crippen molar-refractivity contribution in [3.8, 4) is 23.1 Å². The summed E-state index contributed by atoms with van der Waals surface area (Å²) < 4.78 is 29.8. The van der Waals surface area contributed by atoms with Crippen molar-refractivity contribution in [1.29, 1.82) is 0 Å². The average Bonchev–Trinajstić information content (AvgIpc) is 2.82. The Morgan fingerprint density at radius 3 is 2.55 bits per heavy atom. The Kier molecular flexibility index (Phi) is 10.7. The Labute approximate surface area is 210 Å². The molecule has 0 aliphatic rings. The van der Waals surface area contributed by atoms with Crippen LogP contribution in [-0.2, 0) is 13.0 Å². The molecular weight excluding hydrogens is 538 g/mol. The highest BCUT2D eigenvalue weighted by atomic mass is 127. The lowest BCUT2D eigenvalue weighted by Crippen LogP contribution is -2.37. The number of rotatable bonds is 9. The number of guanidine groups is 1. The molecule has 0 fully saturated rings. The van der Waals surface area contributed by atoms with Gasteiger partial charge in [0.2, 0.25) is 5.88 Å². The van der Waals surface area contributed by atoms with E-state index in [0.29, 0.717) is 42.2 Å². The second-order valence-electron chi connectivity index (χ2n) is 6.82. The first-order valence-electron chi connectivity index (χ1n) is 10.2. The van der Waals surface area contributed by atoms with Crippen LogP contribution in [0.2, 0.25) is 0 Å². The summed E-state index contributed by atoms with van der Waals surface area (Å²) >= 11 is 0. The average molecular weight is 566 g/mol. The minimum absolute atomic E-state index is 0. The molecule has 176 valence electrons. The molecule has 0 atom stereocenters. The van der Waals surface area contributed by atoms with E-state index >= 15 is 0 Å². The Hall–Kier alpha value is -3.08. The number of ether oxygens (including phenoxy) is 3. The van der Waals surface area contributed by atoms with E-state index in [1.807, 2.05) is 30.3 Å². The van der Waals surface area contributed by atoms with Gasteiger partial charge in [-0.2, -0.15) is 0 Å². The quantitative estimate of drug-likeness (QED) is 0.225. The fourth-order valence-corrected chi connectivity index (χ4v) is 3.05. The van der Waals surface area contributed by atoms with Crippen LogP contribution in [0.1, 0.15) is 11.1 Å². The van der Waals surface area contributed by atoms with Crippen molar-refractivity contribution in [2.24, 2.45) is 4.99 Å². The molecule has 33 heavy (non-hydrogen) atoms. The molecule has 0 spiro atoms. The van der Waals surface area contributed by atoms with Crippen LogP contribution in [-0.4, -0.2) is 38.8 Å². The predicted octanol–water partition coefficient (Wildman–Crippen LogP) is 4.56. The monoisotopic (exact) mass is 566 g/mol. The van der Waals surface area contributed by atoms with Gasteiger partial charge in [-0.05, 0) is 42.3 Å². The number of nitrogens with zero attached hydrogens (tertiary/aromatic N) is 2. The first kappa shape index (κ1) is 26.2. The largest absolute Gasteiger partial charge is 0.493 e. The van der Waals surface area contributed by atoms with Gasteiger partial charge in [0.1, 0.15) is 11.6 Å². The number of nitrogens with one attached hydrogen (secondary N) is 2. The number of benzene rings is 2. The summed E-state index contributed by atoms with van der Waals surface area (Å²) in [6.07, 6.45) is 2.41. The fraction of sp³-hybridized carbons (Fsp3) is 0.250. The lowest BCUT2D eigenvalue weighted by atomic mass is 10.1. The lowest BCUT2D eigenvalue weighted by molar-refractivity contribution is 0.354. The first-order chi connectivity index (χ1) is 15.6. The van der Waals surface area contributed by atoms with Gasteiger partial charge in [-0.1, -0.05) is 18.2 Å². The van der Waals surface area contributed by atoms with E-state index in [4.69, 9.17) is 14.2 Å². The molecule has 1 heterocycles. The molecule has 3 rings (SSSR count). The Morgan fingerprint density at radius 1 is 1.00 bits per heavy atom. The van der Waals surface area contributed by atoms with Gasteiger partial charge in [0.05, 0.1) is 14.2 Å². The number of aromatic nitrogens is 1. The molecule has 2 N–H and O–H groups in total. The van der Waals surface area contributed by atoms with Crippen LogP contribution in [0.15, 0.2) is 65.8 Å². The molecular formula is C24H28FIN4O3. The third-order valence-corrected chi connectivity index (χ3v) is 4.68. The number of methoxy groups -OCH3 is 2. The normalized spacial score (nSPS) is 10.7. The SMILES string of the molecule is CN=C(NCCc1ccc(OC)c(OC)c1)NCc1cccnc1Oc1cccc(F)c1.I. The molecule has 0 saturated carbocycles. The zero-order chi connectivity index (χ0) is 22.8. The highest BCUT2D eigenvalue weighted by Gasteiger charge is 2.09. The van der Waals surface area contributed by atoms with Crippen LogP contribution in [0.25, 0.3) is 0 Å². The van der Waals surface area contributed by atoms with Crippen molar-refractivity contribution in [2.45, 2.75) is 13.0 Å². The van der Waals surface area contributed by atoms with E-state index in [1.165, 1.54) is 12.1 Å². The van der Waals surface area contributed by atoms with Crippen LogP contribution in [0, 0.1) is 5.82 Å². The standard InChI is InChI=1S/C24H27FN4O3.HI/c1-26-24(28-13-11-17-9-10-21(30-2)22(14-17)31-3)29-16-18-6-5-12-27-23(18)32-20-8-4-7-19(25)15-20;/h4-10,12,14-15H,11,13,16H2,1-3H3,(H2,26,28,29);1H. The summed E-state index contributed by atoms with van der Waals surface area (Å²) in [4.78, 5) is 8.53. The summed E-state index contributed by atoms with van der Waals surface area (Å²) in [5.41, 5.74) is 1.93. The Bertz CT molecular complexity index is 1070. The highest BCUT2D eigenvalue weighted by Crippen LogP contribution is 2.27. The van der Waals surface area contributed by atoms with E-state index in [-0.39, 0.29) is 29.8 Å². The van der Waals surface area contributed by atoms with Crippen LogP contribution < -0.4 is 24.8 Å². The number of hydrogen-bond acceptors (Lipinski definition) is 5. The van der Waals surface area contributed by atoms with E-state index in [1.54, 1.807) is 39.6 Å². The summed E-state index contributed by atoms with van der Waals surface area (Å²) in [6.45, 7) is 1.11. The Balaban J connectivity index is 0.00000385. The molecule has 0 radical (unpaired) electrons. The molecule has 1 aromatic heterocycles. The second-order valence-corrected chi connectivity index (χ2v) is 6.82. The number of aliphatic imine (C=N–C) groups is 1. The van der Waals surface area contributed by atoms with Crippen molar-refractivity contribution >= 4 is 29.9 Å². The maximum Gasteiger partial charge on any atom is 0.224 e. The molecule has 0 aliphatic heterocycles. The molecule has 3 aromatic rings. The predicted molar refractivity (Wildman–Crippen MR) is 138 cm³/mol. The van der Waals surface area contributed by atoms with E-state index in [9.17, 15) is 4.39 Å². The fourth-order valence-electron chi connectivity index (χ4n) is 3.05. The minimum atomic E-state index is -0.364. The van der Waals surface area contributed by atoms with Crippen molar-refractivity contribution in [3.05, 3.63) is 77.7 Å². The van der Waals surface area contributed by atoms with Gasteiger partial charge in [-0.15, -0.1) is 24.0 Å². The second kappa shape index (κ2) is 13.5. The highest BCUT2D eigenvalue weighted by molar-refractivity contribution is 14.0. The lowest BCUT2D eigenvalue weighted by Gasteiger charge is -2.14. The van der Waals surface area contributed by atoms with Crippen molar-refractivity contribution in [1.82, 2.24) is 15.6 Å². The topological polar surface area (TPSA) is 77.0 Å². The molecule has 0 amide bonds. The van der Waals surface area contributed by atoms with Crippen molar-refractivity contribution in [3.63, 3.8) is 0 Å². The Morgan fingerprint density at radius 2 is 1.82 bits per heavy atom. The number of pyridine rings is 1. The van der Waals surface area contributed by atoms with E-state index in [2.05, 4.69) is 20.6 Å². The third kappa shape index (κ3) is 7.77. The van der Waals surface area contributed by atoms with Crippen LogP contribution >= 0.6 is 24.0 Å². The van der Waals surface area contributed by atoms with Crippen molar-refractivity contribution < 1.29 is 18.6 Å². The zero-order valence-electron chi connectivity index (χ0n) is 18.8. The third-order valence-electron chi connectivity index (χ3n) is 4.68. The van der Waals surface area contributed by atoms with Gasteiger partial charge in [0.25, 0.3) is 0 Å². The van der Waals surface area contributed by atoms with Gasteiger partial charge in [0, 0.05) is 38.0 Å². The maximum absolute atomic E-state index is 13.4. The molecule has 7 nitrogen and oxygen atoms in total. The molecule has 0 saturated heterocycles. The summed E-state index contributed by atoms with van der Waals surface area (Å²) in [5, 5.41) is 6.54. The van der Waals surface area contributed by atoms with Crippen LogP contribution in [0.3, 0.4) is 0 Å². The molecule has 9 heteroatoms. The zero-order valence-corrected chi connectivity index (χ0v) is 21.1. The number of hydrogen-bond donors (Lipinski definition) is 2. The minimum Gasteiger partial charge on any atom is -0.493 e. The maximum atomic E-state index is 13.4. The van der Waals surface area contributed by atoms with E-state index < -0.39 is 0 Å².